The highest BCUT2D eigenvalue weighted by Gasteiger charge is 2.11. The predicted molar refractivity (Wildman–Crippen MR) is 83.8 cm³/mol. The molecule has 0 bridgehead atoms. The van der Waals surface area contributed by atoms with Gasteiger partial charge in [-0.25, -0.2) is 0 Å². The SMILES string of the molecule is Cc1noc(-c2ccccc2NCc2ccc(Br)s2)n1. The van der Waals surface area contributed by atoms with Crippen molar-refractivity contribution >= 4 is 33.0 Å². The van der Waals surface area contributed by atoms with Gasteiger partial charge in [-0.15, -0.1) is 11.3 Å². The topological polar surface area (TPSA) is 51.0 Å². The fraction of sp³-hybridized carbons (Fsp3) is 0.143. The molecule has 4 nitrogen and oxygen atoms in total. The molecule has 0 amide bonds. The van der Waals surface area contributed by atoms with E-state index in [9.17, 15) is 0 Å². The standard InChI is InChI=1S/C14H12BrN3OS/c1-9-17-14(19-18-9)11-4-2-3-5-12(11)16-8-10-6-7-13(15)20-10/h2-7,16H,8H2,1H3. The Bertz CT molecular complexity index is 723. The molecule has 0 aliphatic rings. The third-order valence-electron chi connectivity index (χ3n) is 2.77. The first kappa shape index (κ1) is 13.3. The summed E-state index contributed by atoms with van der Waals surface area (Å²) in [7, 11) is 0. The lowest BCUT2D eigenvalue weighted by molar-refractivity contribution is 0.426. The van der Waals surface area contributed by atoms with Gasteiger partial charge < -0.3 is 9.84 Å². The van der Waals surface area contributed by atoms with Crippen LogP contribution < -0.4 is 5.32 Å². The number of hydrogen-bond donors (Lipinski definition) is 1. The second-order valence-electron chi connectivity index (χ2n) is 4.25. The summed E-state index contributed by atoms with van der Waals surface area (Å²) in [6, 6.07) is 12.1. The molecule has 0 spiro atoms. The molecule has 3 aromatic rings. The van der Waals surface area contributed by atoms with Gasteiger partial charge >= 0.3 is 0 Å². The normalized spacial score (nSPS) is 10.7. The van der Waals surface area contributed by atoms with E-state index < -0.39 is 0 Å². The summed E-state index contributed by atoms with van der Waals surface area (Å²) in [5.41, 5.74) is 1.91. The maximum atomic E-state index is 5.24. The highest BCUT2D eigenvalue weighted by molar-refractivity contribution is 9.11. The summed E-state index contributed by atoms with van der Waals surface area (Å²) >= 11 is 5.19. The average Bonchev–Trinajstić information content (AvgIpc) is 3.06. The zero-order valence-corrected chi connectivity index (χ0v) is 13.2. The molecule has 0 atom stereocenters. The Labute approximate surface area is 129 Å². The Morgan fingerprint density at radius 3 is 2.80 bits per heavy atom. The largest absolute Gasteiger partial charge is 0.380 e. The van der Waals surface area contributed by atoms with Crippen molar-refractivity contribution in [2.75, 3.05) is 5.32 Å². The predicted octanol–water partition coefficient (Wildman–Crippen LogP) is 4.48. The van der Waals surface area contributed by atoms with Crippen LogP contribution in [0.15, 0.2) is 44.7 Å². The summed E-state index contributed by atoms with van der Waals surface area (Å²) in [5.74, 6) is 1.18. The number of nitrogens with one attached hydrogen (secondary N) is 1. The van der Waals surface area contributed by atoms with Crippen LogP contribution in [0.3, 0.4) is 0 Å². The third kappa shape index (κ3) is 2.91. The number of anilines is 1. The Morgan fingerprint density at radius 1 is 1.25 bits per heavy atom. The van der Waals surface area contributed by atoms with E-state index in [1.54, 1.807) is 11.3 Å². The van der Waals surface area contributed by atoms with Gasteiger partial charge in [0.1, 0.15) is 0 Å². The number of hydrogen-bond acceptors (Lipinski definition) is 5. The smallest absolute Gasteiger partial charge is 0.260 e. The Morgan fingerprint density at radius 2 is 2.10 bits per heavy atom. The first-order chi connectivity index (χ1) is 9.72. The molecule has 0 saturated heterocycles. The van der Waals surface area contributed by atoms with E-state index in [1.165, 1.54) is 4.88 Å². The molecule has 0 aliphatic heterocycles. The number of rotatable bonds is 4. The minimum Gasteiger partial charge on any atom is -0.380 e. The summed E-state index contributed by atoms with van der Waals surface area (Å²) in [5, 5.41) is 7.25. The van der Waals surface area contributed by atoms with Crippen molar-refractivity contribution in [1.82, 2.24) is 10.1 Å². The molecule has 0 aliphatic carbocycles. The summed E-state index contributed by atoms with van der Waals surface area (Å²) in [6.45, 7) is 2.58. The molecule has 3 rings (SSSR count). The Balaban J connectivity index is 1.83. The van der Waals surface area contributed by atoms with Gasteiger partial charge in [-0.1, -0.05) is 17.3 Å². The molecular formula is C14H12BrN3OS. The molecule has 0 unspecified atom stereocenters. The van der Waals surface area contributed by atoms with E-state index in [2.05, 4.69) is 43.5 Å². The molecule has 6 heteroatoms. The van der Waals surface area contributed by atoms with Gasteiger partial charge in [0.05, 0.1) is 9.35 Å². The zero-order chi connectivity index (χ0) is 13.9. The van der Waals surface area contributed by atoms with Crippen LogP contribution in [0.25, 0.3) is 11.5 Å². The quantitative estimate of drug-likeness (QED) is 0.754. The van der Waals surface area contributed by atoms with E-state index in [1.807, 2.05) is 31.2 Å². The molecule has 102 valence electrons. The second kappa shape index (κ2) is 5.76. The number of thiophene rings is 1. The van der Waals surface area contributed by atoms with Crippen molar-refractivity contribution in [2.45, 2.75) is 13.5 Å². The number of halogens is 1. The Kier molecular flexibility index (Phi) is 3.84. The van der Waals surface area contributed by atoms with E-state index in [0.717, 1.165) is 21.6 Å². The van der Waals surface area contributed by atoms with Crippen LogP contribution in [0.5, 0.6) is 0 Å². The highest BCUT2D eigenvalue weighted by atomic mass is 79.9. The maximum absolute atomic E-state index is 5.24. The van der Waals surface area contributed by atoms with Gasteiger partial charge in [-0.3, -0.25) is 0 Å². The van der Waals surface area contributed by atoms with Gasteiger partial charge in [0.25, 0.3) is 5.89 Å². The first-order valence-electron chi connectivity index (χ1n) is 6.10. The lowest BCUT2D eigenvalue weighted by Crippen LogP contribution is -1.99. The molecule has 1 N–H and O–H groups in total. The number of nitrogens with zero attached hydrogens (tertiary/aromatic N) is 2. The van der Waals surface area contributed by atoms with E-state index in [-0.39, 0.29) is 0 Å². The van der Waals surface area contributed by atoms with Crippen LogP contribution in [0.4, 0.5) is 5.69 Å². The molecular weight excluding hydrogens is 338 g/mol. The van der Waals surface area contributed by atoms with Crippen LogP contribution in [-0.2, 0) is 6.54 Å². The van der Waals surface area contributed by atoms with Crippen LogP contribution in [0.1, 0.15) is 10.7 Å². The van der Waals surface area contributed by atoms with Crippen molar-refractivity contribution in [3.05, 3.63) is 50.9 Å². The lowest BCUT2D eigenvalue weighted by atomic mass is 10.1. The van der Waals surface area contributed by atoms with Crippen molar-refractivity contribution < 1.29 is 4.52 Å². The number of para-hydroxylation sites is 1. The Hall–Kier alpha value is -1.66. The molecule has 2 aromatic heterocycles. The average molecular weight is 350 g/mol. The molecule has 0 fully saturated rings. The molecule has 2 heterocycles. The summed E-state index contributed by atoms with van der Waals surface area (Å²) < 4.78 is 6.38. The molecule has 0 radical (unpaired) electrons. The number of aryl methyl sites for hydroxylation is 1. The minimum absolute atomic E-state index is 0.540. The summed E-state index contributed by atoms with van der Waals surface area (Å²) in [4.78, 5) is 5.54. The fourth-order valence-corrected chi connectivity index (χ4v) is 3.28. The molecule has 20 heavy (non-hydrogen) atoms. The van der Waals surface area contributed by atoms with Crippen molar-refractivity contribution in [2.24, 2.45) is 0 Å². The highest BCUT2D eigenvalue weighted by Crippen LogP contribution is 2.28. The van der Waals surface area contributed by atoms with Gasteiger partial charge in [0.2, 0.25) is 0 Å². The van der Waals surface area contributed by atoms with Crippen LogP contribution in [0.2, 0.25) is 0 Å². The van der Waals surface area contributed by atoms with Crippen molar-refractivity contribution in [3.63, 3.8) is 0 Å². The third-order valence-corrected chi connectivity index (χ3v) is 4.39. The van der Waals surface area contributed by atoms with Crippen LogP contribution in [0, 0.1) is 6.92 Å². The second-order valence-corrected chi connectivity index (χ2v) is 6.80. The van der Waals surface area contributed by atoms with Crippen molar-refractivity contribution in [3.8, 4) is 11.5 Å². The monoisotopic (exact) mass is 349 g/mol. The fourth-order valence-electron chi connectivity index (χ4n) is 1.86. The lowest BCUT2D eigenvalue weighted by Gasteiger charge is -2.08. The minimum atomic E-state index is 0.540. The molecule has 0 saturated carbocycles. The van der Waals surface area contributed by atoms with Gasteiger partial charge in [0.15, 0.2) is 5.82 Å². The van der Waals surface area contributed by atoms with Crippen LogP contribution >= 0.6 is 27.3 Å². The van der Waals surface area contributed by atoms with E-state index in [0.29, 0.717) is 11.7 Å². The van der Waals surface area contributed by atoms with Gasteiger partial charge in [-0.2, -0.15) is 4.98 Å². The van der Waals surface area contributed by atoms with Gasteiger partial charge in [-0.05, 0) is 47.1 Å². The van der Waals surface area contributed by atoms with Crippen molar-refractivity contribution in [1.29, 1.82) is 0 Å². The molecule has 1 aromatic carbocycles. The summed E-state index contributed by atoms with van der Waals surface area (Å²) in [6.07, 6.45) is 0. The van der Waals surface area contributed by atoms with Gasteiger partial charge in [0, 0.05) is 17.1 Å². The first-order valence-corrected chi connectivity index (χ1v) is 7.71. The van der Waals surface area contributed by atoms with Crippen LogP contribution in [-0.4, -0.2) is 10.1 Å². The number of aromatic nitrogens is 2. The van der Waals surface area contributed by atoms with E-state index in [4.69, 9.17) is 4.52 Å². The number of benzene rings is 1. The van der Waals surface area contributed by atoms with E-state index >= 15 is 0 Å². The zero-order valence-electron chi connectivity index (χ0n) is 10.8. The maximum Gasteiger partial charge on any atom is 0.260 e.